The van der Waals surface area contributed by atoms with Gasteiger partial charge in [0.25, 0.3) is 0 Å². The Kier molecular flexibility index (Phi) is 14.0. The van der Waals surface area contributed by atoms with Gasteiger partial charge in [-0.25, -0.2) is 4.99 Å². The van der Waals surface area contributed by atoms with Gasteiger partial charge >= 0.3 is 0 Å². The Hall–Kier alpha value is -1.35. The standard InChI is InChI=1S/C19H32N4O2.HI/c1-5-12-20-19(22-15-18(24)23(3)4)21-13-9-14-25-16(2)17-10-7-6-8-11-17;/h6-8,10-11,16H,5,9,12-15H2,1-4H3,(H2,20,21,22);1H. The van der Waals surface area contributed by atoms with Crippen molar-refractivity contribution in [2.24, 2.45) is 4.99 Å². The molecule has 0 aromatic heterocycles. The number of hydrogen-bond acceptors (Lipinski definition) is 3. The molecule has 0 aliphatic carbocycles. The third-order valence-electron chi connectivity index (χ3n) is 3.66. The zero-order valence-corrected chi connectivity index (χ0v) is 18.7. The summed E-state index contributed by atoms with van der Waals surface area (Å²) < 4.78 is 5.86. The van der Waals surface area contributed by atoms with Crippen molar-refractivity contribution in [3.8, 4) is 0 Å². The first-order valence-corrected chi connectivity index (χ1v) is 8.93. The lowest BCUT2D eigenvalue weighted by molar-refractivity contribution is -0.127. The average molecular weight is 476 g/mol. The van der Waals surface area contributed by atoms with Crippen LogP contribution in [0.2, 0.25) is 0 Å². The fraction of sp³-hybridized carbons (Fsp3) is 0.579. The van der Waals surface area contributed by atoms with E-state index in [0.29, 0.717) is 12.6 Å². The second-order valence-electron chi connectivity index (χ2n) is 6.08. The summed E-state index contributed by atoms with van der Waals surface area (Å²) in [6, 6.07) is 10.2. The molecular weight excluding hydrogens is 443 g/mol. The summed E-state index contributed by atoms with van der Waals surface area (Å²) in [5.41, 5.74) is 1.18. The molecule has 0 radical (unpaired) electrons. The van der Waals surface area contributed by atoms with E-state index in [1.807, 2.05) is 18.2 Å². The number of likely N-dealkylation sites (N-methyl/N-ethyl adjacent to an activating group) is 1. The Morgan fingerprint density at radius 2 is 1.85 bits per heavy atom. The normalized spacial score (nSPS) is 12.1. The van der Waals surface area contributed by atoms with Crippen LogP contribution >= 0.6 is 24.0 Å². The highest BCUT2D eigenvalue weighted by Crippen LogP contribution is 2.15. The van der Waals surface area contributed by atoms with Crippen LogP contribution in [0.3, 0.4) is 0 Å². The summed E-state index contributed by atoms with van der Waals surface area (Å²) >= 11 is 0. The van der Waals surface area contributed by atoms with Crippen molar-refractivity contribution in [1.82, 2.24) is 15.5 Å². The quantitative estimate of drug-likeness (QED) is 0.236. The van der Waals surface area contributed by atoms with E-state index < -0.39 is 0 Å². The zero-order valence-electron chi connectivity index (χ0n) is 16.3. The van der Waals surface area contributed by atoms with Crippen LogP contribution in [-0.4, -0.2) is 57.1 Å². The van der Waals surface area contributed by atoms with Crippen molar-refractivity contribution in [2.75, 3.05) is 40.3 Å². The largest absolute Gasteiger partial charge is 0.374 e. The number of carbonyl (C=O) groups is 1. The topological polar surface area (TPSA) is 66.0 Å². The number of carbonyl (C=O) groups excluding carboxylic acids is 1. The van der Waals surface area contributed by atoms with Crippen LogP contribution in [-0.2, 0) is 9.53 Å². The minimum atomic E-state index is -0.0161. The number of guanidine groups is 1. The highest BCUT2D eigenvalue weighted by atomic mass is 127. The SMILES string of the molecule is CCCNC(=NCC(=O)N(C)C)NCCCOC(C)c1ccccc1.I. The Balaban J connectivity index is 0.00000625. The van der Waals surface area contributed by atoms with Crippen LogP contribution in [0.15, 0.2) is 35.3 Å². The van der Waals surface area contributed by atoms with Gasteiger partial charge in [0.1, 0.15) is 6.54 Å². The van der Waals surface area contributed by atoms with Crippen LogP contribution in [0.4, 0.5) is 0 Å². The van der Waals surface area contributed by atoms with E-state index in [9.17, 15) is 4.79 Å². The molecule has 6 nitrogen and oxygen atoms in total. The number of nitrogens with one attached hydrogen (secondary N) is 2. The second-order valence-corrected chi connectivity index (χ2v) is 6.08. The van der Waals surface area contributed by atoms with Gasteiger partial charge in [-0.3, -0.25) is 4.79 Å². The highest BCUT2D eigenvalue weighted by Gasteiger charge is 2.06. The fourth-order valence-corrected chi connectivity index (χ4v) is 2.07. The number of ether oxygens (including phenoxy) is 1. The van der Waals surface area contributed by atoms with Gasteiger partial charge in [0, 0.05) is 33.8 Å². The third kappa shape index (κ3) is 10.6. The van der Waals surface area contributed by atoms with E-state index in [1.165, 1.54) is 5.56 Å². The molecule has 0 bridgehead atoms. The molecular formula is C19H33IN4O2. The molecule has 0 saturated carbocycles. The molecule has 1 aromatic rings. The fourth-order valence-electron chi connectivity index (χ4n) is 2.07. The van der Waals surface area contributed by atoms with Gasteiger partial charge in [-0.1, -0.05) is 37.3 Å². The lowest BCUT2D eigenvalue weighted by Gasteiger charge is -2.15. The number of nitrogens with zero attached hydrogens (tertiary/aromatic N) is 2. The molecule has 0 heterocycles. The molecule has 1 unspecified atom stereocenters. The van der Waals surface area contributed by atoms with Crippen LogP contribution in [0, 0.1) is 0 Å². The van der Waals surface area contributed by atoms with E-state index in [4.69, 9.17) is 4.74 Å². The van der Waals surface area contributed by atoms with E-state index >= 15 is 0 Å². The summed E-state index contributed by atoms with van der Waals surface area (Å²) in [7, 11) is 3.46. The van der Waals surface area contributed by atoms with Gasteiger partial charge < -0.3 is 20.3 Å². The molecule has 1 aromatic carbocycles. The smallest absolute Gasteiger partial charge is 0.243 e. The van der Waals surface area contributed by atoms with Crippen molar-refractivity contribution >= 4 is 35.8 Å². The lowest BCUT2D eigenvalue weighted by Crippen LogP contribution is -2.39. The molecule has 2 N–H and O–H groups in total. The number of benzene rings is 1. The Labute approximate surface area is 174 Å². The first kappa shape index (κ1) is 24.7. The van der Waals surface area contributed by atoms with Crippen molar-refractivity contribution in [2.45, 2.75) is 32.8 Å². The number of rotatable bonds is 10. The van der Waals surface area contributed by atoms with E-state index in [2.05, 4.69) is 41.6 Å². The Morgan fingerprint density at radius 3 is 2.46 bits per heavy atom. The predicted octanol–water partition coefficient (Wildman–Crippen LogP) is 2.81. The van der Waals surface area contributed by atoms with Crippen molar-refractivity contribution < 1.29 is 9.53 Å². The highest BCUT2D eigenvalue weighted by molar-refractivity contribution is 14.0. The molecule has 0 saturated heterocycles. The molecule has 1 rings (SSSR count). The number of halogens is 1. The molecule has 26 heavy (non-hydrogen) atoms. The summed E-state index contributed by atoms with van der Waals surface area (Å²) in [6.45, 7) is 6.53. The first-order valence-electron chi connectivity index (χ1n) is 8.93. The second kappa shape index (κ2) is 14.8. The predicted molar refractivity (Wildman–Crippen MR) is 118 cm³/mol. The van der Waals surface area contributed by atoms with Gasteiger partial charge in [-0.15, -0.1) is 24.0 Å². The molecule has 1 atom stereocenters. The van der Waals surface area contributed by atoms with Gasteiger partial charge in [0.05, 0.1) is 6.10 Å². The summed E-state index contributed by atoms with van der Waals surface area (Å²) in [4.78, 5) is 17.5. The van der Waals surface area contributed by atoms with Crippen LogP contribution < -0.4 is 10.6 Å². The van der Waals surface area contributed by atoms with Gasteiger partial charge in [-0.05, 0) is 25.3 Å². The minimum Gasteiger partial charge on any atom is -0.374 e. The lowest BCUT2D eigenvalue weighted by atomic mass is 10.1. The number of amides is 1. The minimum absolute atomic E-state index is 0. The third-order valence-corrected chi connectivity index (χ3v) is 3.66. The number of hydrogen-bond donors (Lipinski definition) is 2. The van der Waals surface area contributed by atoms with E-state index in [1.54, 1.807) is 19.0 Å². The molecule has 148 valence electrons. The summed E-state index contributed by atoms with van der Waals surface area (Å²) in [5.74, 6) is 0.658. The average Bonchev–Trinajstić information content (AvgIpc) is 2.63. The molecule has 0 aliphatic rings. The monoisotopic (exact) mass is 476 g/mol. The maximum absolute atomic E-state index is 11.7. The van der Waals surface area contributed by atoms with Crippen LogP contribution in [0.1, 0.15) is 38.4 Å². The molecule has 0 spiro atoms. The van der Waals surface area contributed by atoms with E-state index in [-0.39, 0.29) is 42.5 Å². The Bertz CT molecular complexity index is 524. The summed E-state index contributed by atoms with van der Waals surface area (Å²) in [6.07, 6.45) is 1.95. The Morgan fingerprint density at radius 1 is 1.19 bits per heavy atom. The molecule has 0 fully saturated rings. The van der Waals surface area contributed by atoms with Gasteiger partial charge in [-0.2, -0.15) is 0 Å². The summed E-state index contributed by atoms with van der Waals surface area (Å²) in [5, 5.41) is 6.47. The maximum Gasteiger partial charge on any atom is 0.243 e. The van der Waals surface area contributed by atoms with Crippen LogP contribution in [0.25, 0.3) is 0 Å². The van der Waals surface area contributed by atoms with Crippen LogP contribution in [0.5, 0.6) is 0 Å². The molecule has 0 aliphatic heterocycles. The molecule has 7 heteroatoms. The zero-order chi connectivity index (χ0) is 18.5. The van der Waals surface area contributed by atoms with E-state index in [0.717, 1.165) is 25.9 Å². The maximum atomic E-state index is 11.7. The van der Waals surface area contributed by atoms with Crippen molar-refractivity contribution in [3.63, 3.8) is 0 Å². The van der Waals surface area contributed by atoms with Gasteiger partial charge in [0.2, 0.25) is 5.91 Å². The number of aliphatic imine (C=N–C) groups is 1. The van der Waals surface area contributed by atoms with Crippen molar-refractivity contribution in [3.05, 3.63) is 35.9 Å². The molecule has 1 amide bonds. The first-order chi connectivity index (χ1) is 12.0. The van der Waals surface area contributed by atoms with Gasteiger partial charge in [0.15, 0.2) is 5.96 Å². The van der Waals surface area contributed by atoms with Crippen molar-refractivity contribution in [1.29, 1.82) is 0 Å².